The highest BCUT2D eigenvalue weighted by Crippen LogP contribution is 2.39. The van der Waals surface area contributed by atoms with Crippen LogP contribution in [0.4, 0.5) is 33.7 Å². The number of rotatable bonds is 7. The second-order valence-electron chi connectivity index (χ2n) is 10.5. The molecular weight excluding hydrogens is 588 g/mol. The molecule has 16 heteroatoms. The van der Waals surface area contributed by atoms with Gasteiger partial charge in [-0.2, -0.15) is 13.2 Å². The first-order valence-electron chi connectivity index (χ1n) is 12.7. The molecule has 4 rings (SSSR count). The van der Waals surface area contributed by atoms with Gasteiger partial charge in [-0.25, -0.2) is 17.6 Å². The molecular formula is C26H28F4N4O7S. The Morgan fingerprint density at radius 2 is 1.83 bits per heavy atom. The van der Waals surface area contributed by atoms with Crippen LogP contribution in [0.25, 0.3) is 0 Å². The van der Waals surface area contributed by atoms with Gasteiger partial charge in [0.05, 0.1) is 23.7 Å². The maximum absolute atomic E-state index is 13.6. The second-order valence-corrected chi connectivity index (χ2v) is 12.4. The summed E-state index contributed by atoms with van der Waals surface area (Å²) in [6.45, 7) is 2.41. The fraction of sp³-hybridized carbons (Fsp3) is 0.423. The molecule has 3 amide bonds. The molecule has 1 saturated heterocycles. The Bertz CT molecular complexity index is 1500. The number of carbonyl (C=O) groups excluding carboxylic acids is 3. The maximum Gasteiger partial charge on any atom is 0.427 e. The van der Waals surface area contributed by atoms with Gasteiger partial charge in [0.25, 0.3) is 10.0 Å². The molecule has 0 spiro atoms. The van der Waals surface area contributed by atoms with E-state index in [1.165, 1.54) is 18.2 Å². The van der Waals surface area contributed by atoms with Crippen LogP contribution in [0.3, 0.4) is 0 Å². The third kappa shape index (κ3) is 6.37. The number of ether oxygens (including phenoxy) is 2. The number of benzene rings is 2. The van der Waals surface area contributed by atoms with Gasteiger partial charge in [0.15, 0.2) is 0 Å². The quantitative estimate of drug-likeness (QED) is 0.405. The van der Waals surface area contributed by atoms with Crippen molar-refractivity contribution in [3.05, 3.63) is 48.3 Å². The van der Waals surface area contributed by atoms with Crippen LogP contribution in [-0.2, 0) is 24.3 Å². The zero-order chi connectivity index (χ0) is 31.1. The highest BCUT2D eigenvalue weighted by atomic mass is 32.2. The van der Waals surface area contributed by atoms with Gasteiger partial charge in [0.1, 0.15) is 23.2 Å². The first-order chi connectivity index (χ1) is 19.4. The summed E-state index contributed by atoms with van der Waals surface area (Å²) in [5.74, 6) is -1.42. The van der Waals surface area contributed by atoms with Gasteiger partial charge in [0.2, 0.25) is 17.4 Å². The summed E-state index contributed by atoms with van der Waals surface area (Å²) in [7, 11) is -4.37. The predicted molar refractivity (Wildman–Crippen MR) is 141 cm³/mol. The van der Waals surface area contributed by atoms with Crippen molar-refractivity contribution < 1.29 is 49.8 Å². The minimum absolute atomic E-state index is 0.0149. The van der Waals surface area contributed by atoms with E-state index < -0.39 is 51.3 Å². The van der Waals surface area contributed by atoms with E-state index in [1.807, 2.05) is 0 Å². The number of anilines is 2. The number of sulfonamides is 1. The molecule has 2 heterocycles. The van der Waals surface area contributed by atoms with Crippen LogP contribution in [0.1, 0.15) is 33.6 Å². The molecule has 42 heavy (non-hydrogen) atoms. The summed E-state index contributed by atoms with van der Waals surface area (Å²) in [6.07, 6.45) is -6.75. The van der Waals surface area contributed by atoms with Crippen LogP contribution in [0.15, 0.2) is 47.4 Å². The van der Waals surface area contributed by atoms with Gasteiger partial charge in [-0.1, -0.05) is 0 Å². The number of carbonyl (C=O) groups is 3. The molecule has 2 aliphatic rings. The van der Waals surface area contributed by atoms with Crippen molar-refractivity contribution in [1.29, 1.82) is 0 Å². The van der Waals surface area contributed by atoms with Crippen LogP contribution in [0, 0.1) is 5.82 Å². The van der Waals surface area contributed by atoms with E-state index in [4.69, 9.17) is 4.74 Å². The standard InChI is InChI=1S/C26H28F4N4O7S/c1-24(2,26(28,29)30)41-23(37)32-16-6-9-20-19(12-16)34(42(38,39)18-7-4-15(27)5-8-18)14-17(40-20)13-31-22(36)25(3)11-10-21(35)33-25/h4-9,12,17H,10-11,13-14H2,1-3H3,(H,31,36)(H,32,37)(H,33,35)/t17-,25?/m0/s1. The molecule has 3 N–H and O–H groups in total. The van der Waals surface area contributed by atoms with Crippen LogP contribution >= 0.6 is 0 Å². The minimum atomic E-state index is -4.85. The Labute approximate surface area is 238 Å². The number of amides is 3. The summed E-state index contributed by atoms with van der Waals surface area (Å²) in [6, 6.07) is 7.75. The Kier molecular flexibility index (Phi) is 8.06. The van der Waals surface area contributed by atoms with Crippen molar-refractivity contribution in [3.8, 4) is 5.75 Å². The van der Waals surface area contributed by atoms with Crippen molar-refractivity contribution in [2.24, 2.45) is 0 Å². The van der Waals surface area contributed by atoms with E-state index in [0.717, 1.165) is 28.6 Å². The minimum Gasteiger partial charge on any atom is -0.484 e. The number of halogens is 4. The average Bonchev–Trinajstić information content (AvgIpc) is 3.25. The number of hydrogen-bond acceptors (Lipinski definition) is 7. The summed E-state index contributed by atoms with van der Waals surface area (Å²) >= 11 is 0. The average molecular weight is 617 g/mol. The van der Waals surface area contributed by atoms with Crippen LogP contribution < -0.4 is 25.0 Å². The van der Waals surface area contributed by atoms with Gasteiger partial charge >= 0.3 is 12.3 Å². The fourth-order valence-corrected chi connectivity index (χ4v) is 5.76. The maximum atomic E-state index is 13.6. The Hall–Kier alpha value is -4.08. The summed E-state index contributed by atoms with van der Waals surface area (Å²) < 4.78 is 91.6. The molecule has 0 aliphatic carbocycles. The number of nitrogens with one attached hydrogen (secondary N) is 3. The molecule has 0 saturated carbocycles. The molecule has 228 valence electrons. The van der Waals surface area contributed by atoms with Crippen molar-refractivity contribution in [2.75, 3.05) is 22.7 Å². The van der Waals surface area contributed by atoms with E-state index in [-0.39, 0.29) is 53.9 Å². The smallest absolute Gasteiger partial charge is 0.427 e. The number of nitrogens with zero attached hydrogens (tertiary/aromatic N) is 1. The van der Waals surface area contributed by atoms with Gasteiger partial charge < -0.3 is 20.1 Å². The third-order valence-electron chi connectivity index (χ3n) is 6.83. The lowest BCUT2D eigenvalue weighted by atomic mass is 9.99. The Morgan fingerprint density at radius 3 is 2.43 bits per heavy atom. The first-order valence-corrected chi connectivity index (χ1v) is 14.1. The molecule has 2 atom stereocenters. The molecule has 0 aromatic heterocycles. The van der Waals surface area contributed by atoms with Gasteiger partial charge in [-0.15, -0.1) is 0 Å². The lowest BCUT2D eigenvalue weighted by Gasteiger charge is -2.36. The summed E-state index contributed by atoms with van der Waals surface area (Å²) in [5, 5.41) is 7.41. The molecule has 2 aromatic carbocycles. The van der Waals surface area contributed by atoms with E-state index in [2.05, 4.69) is 20.7 Å². The van der Waals surface area contributed by atoms with E-state index in [0.29, 0.717) is 13.8 Å². The topological polar surface area (TPSA) is 143 Å². The predicted octanol–water partition coefficient (Wildman–Crippen LogP) is 3.46. The lowest BCUT2D eigenvalue weighted by Crippen LogP contribution is -2.55. The molecule has 1 unspecified atom stereocenters. The van der Waals surface area contributed by atoms with Crippen LogP contribution in [-0.4, -0.2) is 62.8 Å². The highest BCUT2D eigenvalue weighted by molar-refractivity contribution is 7.92. The summed E-state index contributed by atoms with van der Waals surface area (Å²) in [5.41, 5.74) is -4.12. The zero-order valence-corrected chi connectivity index (χ0v) is 23.5. The summed E-state index contributed by atoms with van der Waals surface area (Å²) in [4.78, 5) is 36.4. The van der Waals surface area contributed by atoms with Gasteiger partial charge in [-0.05, 0) is 69.7 Å². The lowest BCUT2D eigenvalue weighted by molar-refractivity contribution is -0.242. The zero-order valence-electron chi connectivity index (χ0n) is 22.7. The number of fused-ring (bicyclic) bond motifs is 1. The highest BCUT2D eigenvalue weighted by Gasteiger charge is 2.51. The molecule has 2 aromatic rings. The number of hydrogen-bond donors (Lipinski definition) is 3. The molecule has 11 nitrogen and oxygen atoms in total. The van der Waals surface area contributed by atoms with Crippen molar-refractivity contribution in [2.45, 2.75) is 61.9 Å². The largest absolute Gasteiger partial charge is 0.484 e. The van der Waals surface area contributed by atoms with Crippen LogP contribution in [0.2, 0.25) is 0 Å². The van der Waals surface area contributed by atoms with E-state index in [1.54, 1.807) is 6.92 Å². The Morgan fingerprint density at radius 1 is 1.17 bits per heavy atom. The normalized spacial score (nSPS) is 20.7. The molecule has 0 radical (unpaired) electrons. The fourth-order valence-electron chi connectivity index (χ4n) is 4.26. The van der Waals surface area contributed by atoms with Gasteiger partial charge in [0, 0.05) is 12.1 Å². The monoisotopic (exact) mass is 616 g/mol. The van der Waals surface area contributed by atoms with E-state index >= 15 is 0 Å². The van der Waals surface area contributed by atoms with Crippen molar-refractivity contribution in [1.82, 2.24) is 10.6 Å². The van der Waals surface area contributed by atoms with E-state index in [9.17, 15) is 40.4 Å². The number of alkyl halides is 3. The molecule has 1 fully saturated rings. The van der Waals surface area contributed by atoms with Gasteiger partial charge in [-0.3, -0.25) is 19.2 Å². The molecule has 2 aliphatic heterocycles. The second kappa shape index (κ2) is 11.0. The molecule has 0 bridgehead atoms. The van der Waals surface area contributed by atoms with Crippen LogP contribution in [0.5, 0.6) is 5.75 Å². The SMILES string of the molecule is CC1(C(=O)NC[C@H]2CN(S(=O)(=O)c3ccc(F)cc3)c3cc(NC(=O)OC(C)(C)C(F)(F)F)ccc3O2)CCC(=O)N1. The first kappa shape index (κ1) is 30.9. The van der Waals surface area contributed by atoms with Crippen molar-refractivity contribution in [3.63, 3.8) is 0 Å². The third-order valence-corrected chi connectivity index (χ3v) is 8.62. The van der Waals surface area contributed by atoms with Crippen molar-refractivity contribution >= 4 is 39.3 Å². The Balaban J connectivity index is 1.60.